The predicted molar refractivity (Wildman–Crippen MR) is 146 cm³/mol. The van der Waals surface area contributed by atoms with Crippen molar-refractivity contribution in [3.8, 4) is 5.75 Å². The fraction of sp³-hybridized carbons (Fsp3) is 0.276. The number of nitrogens with zero attached hydrogens (tertiary/aromatic N) is 3. The Kier molecular flexibility index (Phi) is 7.07. The zero-order valence-corrected chi connectivity index (χ0v) is 21.0. The van der Waals surface area contributed by atoms with Crippen LogP contribution in [0.3, 0.4) is 0 Å². The van der Waals surface area contributed by atoms with Gasteiger partial charge in [-0.05, 0) is 67.9 Å². The number of hydrogen-bond acceptors (Lipinski definition) is 5. The van der Waals surface area contributed by atoms with Crippen LogP contribution in [0.5, 0.6) is 5.75 Å². The molecular weight excluding hydrogens is 456 g/mol. The average Bonchev–Trinajstić information content (AvgIpc) is 2.89. The second-order valence-electron chi connectivity index (χ2n) is 8.90. The molecule has 6 heteroatoms. The largest absolute Gasteiger partial charge is 0.494 e. The number of rotatable bonds is 7. The lowest BCUT2D eigenvalue weighted by Gasteiger charge is -2.39. The van der Waals surface area contributed by atoms with Crippen LogP contribution in [0.2, 0.25) is 5.02 Å². The summed E-state index contributed by atoms with van der Waals surface area (Å²) in [5.74, 6) is 0.943. The zero-order valence-electron chi connectivity index (χ0n) is 20.2. The molecule has 1 aromatic heterocycles. The van der Waals surface area contributed by atoms with Crippen molar-refractivity contribution in [2.45, 2.75) is 19.9 Å². The first kappa shape index (κ1) is 23.5. The molecule has 1 unspecified atom stereocenters. The highest BCUT2D eigenvalue weighted by Crippen LogP contribution is 2.29. The van der Waals surface area contributed by atoms with E-state index in [2.05, 4.69) is 69.5 Å². The number of hydrogen-bond donors (Lipinski definition) is 1. The van der Waals surface area contributed by atoms with Crippen LogP contribution in [-0.4, -0.2) is 42.7 Å². The maximum atomic E-state index is 6.13. The number of aromatic nitrogens is 1. The molecule has 1 aliphatic rings. The van der Waals surface area contributed by atoms with Crippen molar-refractivity contribution in [2.75, 3.05) is 43.0 Å². The third kappa shape index (κ3) is 5.37. The van der Waals surface area contributed by atoms with Crippen LogP contribution in [0, 0.1) is 0 Å². The predicted octanol–water partition coefficient (Wildman–Crippen LogP) is 6.91. The van der Waals surface area contributed by atoms with Gasteiger partial charge in [-0.1, -0.05) is 29.8 Å². The van der Waals surface area contributed by atoms with E-state index in [1.54, 1.807) is 0 Å². The van der Waals surface area contributed by atoms with Crippen LogP contribution in [-0.2, 0) is 0 Å². The summed E-state index contributed by atoms with van der Waals surface area (Å²) in [5.41, 5.74) is 5.54. The van der Waals surface area contributed by atoms with E-state index in [-0.39, 0.29) is 0 Å². The van der Waals surface area contributed by atoms with Crippen LogP contribution in [0.1, 0.15) is 25.5 Å². The monoisotopic (exact) mass is 486 g/mol. The second kappa shape index (κ2) is 10.5. The van der Waals surface area contributed by atoms with Gasteiger partial charge in [0.2, 0.25) is 0 Å². The van der Waals surface area contributed by atoms with Gasteiger partial charge in [-0.25, -0.2) is 0 Å². The molecule has 0 amide bonds. The zero-order chi connectivity index (χ0) is 24.2. The summed E-state index contributed by atoms with van der Waals surface area (Å²) >= 11 is 6.13. The quantitative estimate of drug-likeness (QED) is 0.307. The summed E-state index contributed by atoms with van der Waals surface area (Å²) in [7, 11) is 0. The Balaban J connectivity index is 1.21. The molecule has 5 rings (SSSR count). The van der Waals surface area contributed by atoms with E-state index < -0.39 is 0 Å². The molecule has 5 nitrogen and oxygen atoms in total. The summed E-state index contributed by atoms with van der Waals surface area (Å²) in [6.07, 6.45) is 1.81. The van der Waals surface area contributed by atoms with Crippen molar-refractivity contribution >= 4 is 39.6 Å². The molecule has 0 spiro atoms. The number of anilines is 3. The molecule has 1 fully saturated rings. The van der Waals surface area contributed by atoms with Gasteiger partial charge >= 0.3 is 0 Å². The summed E-state index contributed by atoms with van der Waals surface area (Å²) in [5, 5.41) is 5.29. The van der Waals surface area contributed by atoms with Crippen molar-refractivity contribution in [1.82, 2.24) is 9.88 Å². The van der Waals surface area contributed by atoms with Gasteiger partial charge in [-0.2, -0.15) is 0 Å². The summed E-state index contributed by atoms with van der Waals surface area (Å²) in [6.45, 7) is 9.10. The molecule has 4 aromatic rings. The summed E-state index contributed by atoms with van der Waals surface area (Å²) in [4.78, 5) is 9.44. The number of pyridine rings is 1. The first-order valence-electron chi connectivity index (χ1n) is 12.2. The van der Waals surface area contributed by atoms with Crippen LogP contribution >= 0.6 is 11.6 Å². The first-order valence-corrected chi connectivity index (χ1v) is 12.6. The second-order valence-corrected chi connectivity index (χ2v) is 9.33. The van der Waals surface area contributed by atoms with E-state index in [0.717, 1.165) is 54.2 Å². The van der Waals surface area contributed by atoms with E-state index in [1.807, 2.05) is 43.5 Å². The maximum Gasteiger partial charge on any atom is 0.121 e. The number of nitrogens with one attached hydrogen (secondary N) is 1. The standard InChI is InChI=1S/C29H31ClN4O/c1-3-35-26-6-4-5-25(20-26)34-17-15-33(16-18-34)21(2)22-7-10-24(11-8-22)32-28-13-14-31-29-19-23(30)9-12-27(28)29/h4-14,19-21H,3,15-18H2,1-2H3,(H,31,32). The smallest absolute Gasteiger partial charge is 0.121 e. The van der Waals surface area contributed by atoms with Crippen molar-refractivity contribution in [2.24, 2.45) is 0 Å². The van der Waals surface area contributed by atoms with Gasteiger partial charge in [-0.15, -0.1) is 0 Å². The van der Waals surface area contributed by atoms with Crippen molar-refractivity contribution in [3.63, 3.8) is 0 Å². The molecule has 2 heterocycles. The SMILES string of the molecule is CCOc1cccc(N2CCN(C(C)c3ccc(Nc4ccnc5cc(Cl)ccc45)cc3)CC2)c1. The Labute approximate surface area is 212 Å². The molecule has 1 saturated heterocycles. The molecule has 1 aliphatic heterocycles. The van der Waals surface area contributed by atoms with Crippen molar-refractivity contribution in [1.29, 1.82) is 0 Å². The highest BCUT2D eigenvalue weighted by molar-refractivity contribution is 6.31. The highest BCUT2D eigenvalue weighted by Gasteiger charge is 2.22. The van der Waals surface area contributed by atoms with Gasteiger partial charge in [0.1, 0.15) is 5.75 Å². The molecule has 0 radical (unpaired) electrons. The van der Waals surface area contributed by atoms with Gasteiger partial charge in [-0.3, -0.25) is 9.88 Å². The number of piperazine rings is 1. The summed E-state index contributed by atoms with van der Waals surface area (Å²) < 4.78 is 5.68. The van der Waals surface area contributed by atoms with E-state index in [1.165, 1.54) is 11.3 Å². The molecule has 0 aliphatic carbocycles. The Bertz CT molecular complexity index is 1290. The Hall–Kier alpha value is -3.28. The van der Waals surface area contributed by atoms with Gasteiger partial charge in [0.25, 0.3) is 0 Å². The lowest BCUT2D eigenvalue weighted by molar-refractivity contribution is 0.198. The lowest BCUT2D eigenvalue weighted by atomic mass is 10.1. The normalized spacial score (nSPS) is 15.2. The Morgan fingerprint density at radius 3 is 2.54 bits per heavy atom. The first-order chi connectivity index (χ1) is 17.1. The highest BCUT2D eigenvalue weighted by atomic mass is 35.5. The Morgan fingerprint density at radius 1 is 0.971 bits per heavy atom. The van der Waals surface area contributed by atoms with Crippen LogP contribution in [0.4, 0.5) is 17.1 Å². The van der Waals surface area contributed by atoms with E-state index in [0.29, 0.717) is 17.7 Å². The van der Waals surface area contributed by atoms with Crippen LogP contribution in [0.15, 0.2) is 79.0 Å². The molecule has 35 heavy (non-hydrogen) atoms. The topological polar surface area (TPSA) is 40.6 Å². The molecule has 180 valence electrons. The molecule has 0 bridgehead atoms. The summed E-state index contributed by atoms with van der Waals surface area (Å²) in [6, 6.07) is 25.4. The molecule has 1 N–H and O–H groups in total. The minimum atomic E-state index is 0.366. The molecule has 1 atom stereocenters. The van der Waals surface area contributed by atoms with Crippen molar-refractivity contribution in [3.05, 3.63) is 89.6 Å². The fourth-order valence-corrected chi connectivity index (χ4v) is 4.91. The number of fused-ring (bicyclic) bond motifs is 1. The van der Waals surface area contributed by atoms with Gasteiger partial charge in [0, 0.05) is 72.0 Å². The van der Waals surface area contributed by atoms with Gasteiger partial charge in [0.05, 0.1) is 12.1 Å². The lowest BCUT2D eigenvalue weighted by Crippen LogP contribution is -2.47. The molecular formula is C29H31ClN4O. The maximum absolute atomic E-state index is 6.13. The third-order valence-electron chi connectivity index (χ3n) is 6.73. The minimum absolute atomic E-state index is 0.366. The van der Waals surface area contributed by atoms with E-state index in [9.17, 15) is 0 Å². The Morgan fingerprint density at radius 2 is 1.77 bits per heavy atom. The van der Waals surface area contributed by atoms with Gasteiger partial charge < -0.3 is 15.0 Å². The number of halogens is 1. The number of ether oxygens (including phenoxy) is 1. The number of benzene rings is 3. The fourth-order valence-electron chi connectivity index (χ4n) is 4.75. The average molecular weight is 487 g/mol. The third-order valence-corrected chi connectivity index (χ3v) is 6.97. The molecule has 0 saturated carbocycles. The van der Waals surface area contributed by atoms with E-state index in [4.69, 9.17) is 16.3 Å². The van der Waals surface area contributed by atoms with Crippen LogP contribution in [0.25, 0.3) is 10.9 Å². The van der Waals surface area contributed by atoms with Gasteiger partial charge in [0.15, 0.2) is 0 Å². The van der Waals surface area contributed by atoms with Crippen molar-refractivity contribution < 1.29 is 4.74 Å². The van der Waals surface area contributed by atoms with E-state index >= 15 is 0 Å². The van der Waals surface area contributed by atoms with Crippen LogP contribution < -0.4 is 15.0 Å². The molecule has 3 aromatic carbocycles. The minimum Gasteiger partial charge on any atom is -0.494 e.